The summed E-state index contributed by atoms with van der Waals surface area (Å²) in [6.07, 6.45) is 0. The zero-order valence-electron chi connectivity index (χ0n) is 24.2. The lowest BCUT2D eigenvalue weighted by atomic mass is 9.95. The van der Waals surface area contributed by atoms with Gasteiger partial charge >= 0.3 is 0 Å². The van der Waals surface area contributed by atoms with Crippen LogP contribution < -0.4 is 4.90 Å². The quantitative estimate of drug-likeness (QED) is 0.181. The maximum atomic E-state index is 2.43. The molecule has 0 fully saturated rings. The van der Waals surface area contributed by atoms with Crippen LogP contribution in [0.2, 0.25) is 0 Å². The second-order valence-electron chi connectivity index (χ2n) is 11.7. The average Bonchev–Trinajstić information content (AvgIpc) is 3.66. The van der Waals surface area contributed by atoms with E-state index in [-0.39, 0.29) is 0 Å². The molecule has 0 N–H and O–H groups in total. The van der Waals surface area contributed by atoms with Gasteiger partial charge in [-0.05, 0) is 93.0 Å². The molecule has 3 heteroatoms. The van der Waals surface area contributed by atoms with Gasteiger partial charge in [0.05, 0.1) is 5.69 Å². The Morgan fingerprint density at radius 2 is 1.00 bits per heavy atom. The predicted octanol–water partition coefficient (Wildman–Crippen LogP) is 13.4. The monoisotopic (exact) mass is 607 g/mol. The van der Waals surface area contributed by atoms with E-state index in [0.717, 1.165) is 11.4 Å². The van der Waals surface area contributed by atoms with E-state index in [9.17, 15) is 0 Å². The number of hydrogen-bond acceptors (Lipinski definition) is 3. The molecule has 0 aliphatic carbocycles. The maximum Gasteiger partial charge on any atom is 0.0554 e. The van der Waals surface area contributed by atoms with Crippen molar-refractivity contribution >= 4 is 112 Å². The highest BCUT2D eigenvalue weighted by atomic mass is 32.1. The van der Waals surface area contributed by atoms with E-state index in [1.807, 2.05) is 22.7 Å². The largest absolute Gasteiger partial charge is 0.310 e. The molecule has 210 valence electrons. The lowest BCUT2D eigenvalue weighted by molar-refractivity contribution is 1.31. The van der Waals surface area contributed by atoms with E-state index in [2.05, 4.69) is 157 Å². The van der Waals surface area contributed by atoms with E-state index in [1.165, 1.54) is 78.3 Å². The fourth-order valence-corrected chi connectivity index (χ4v) is 9.44. The van der Waals surface area contributed by atoms with Gasteiger partial charge in [0.25, 0.3) is 0 Å². The van der Waals surface area contributed by atoms with Crippen molar-refractivity contribution in [3.63, 3.8) is 0 Å². The summed E-state index contributed by atoms with van der Waals surface area (Å²) < 4.78 is 5.31. The van der Waals surface area contributed by atoms with Gasteiger partial charge in [-0.3, -0.25) is 0 Å². The van der Waals surface area contributed by atoms with Crippen molar-refractivity contribution in [1.29, 1.82) is 0 Å². The van der Waals surface area contributed by atoms with Crippen LogP contribution in [0.3, 0.4) is 0 Å². The highest BCUT2D eigenvalue weighted by Gasteiger charge is 2.19. The number of anilines is 3. The second-order valence-corrected chi connectivity index (χ2v) is 13.9. The lowest BCUT2D eigenvalue weighted by Gasteiger charge is -2.27. The minimum absolute atomic E-state index is 1.15. The summed E-state index contributed by atoms with van der Waals surface area (Å²) in [5.41, 5.74) is 3.51. The molecule has 1 nitrogen and oxygen atoms in total. The average molecular weight is 608 g/mol. The Morgan fingerprint density at radius 1 is 0.333 bits per heavy atom. The first kappa shape index (κ1) is 25.1. The maximum absolute atomic E-state index is 2.43. The second kappa shape index (κ2) is 9.64. The fraction of sp³-hybridized carbons (Fsp3) is 0. The topological polar surface area (TPSA) is 3.24 Å². The molecule has 45 heavy (non-hydrogen) atoms. The molecule has 0 saturated heterocycles. The fourth-order valence-electron chi connectivity index (χ4n) is 7.18. The standard InChI is InChI=1S/C42H25NS2/c1-2-9-29(10-3-1)43(36-13-8-16-39-42(36)33-12-5-7-15-38(33)44-39)30-21-22-31-27(23-30)19-17-26-18-20-28-24-35-32-11-4-6-14-37(32)45-40(35)25-34(28)41(26)31/h1-25H. The summed E-state index contributed by atoms with van der Waals surface area (Å²) in [6.45, 7) is 0. The Balaban J connectivity index is 1.23. The van der Waals surface area contributed by atoms with Crippen LogP contribution >= 0.6 is 22.7 Å². The van der Waals surface area contributed by atoms with Crippen molar-refractivity contribution < 1.29 is 0 Å². The van der Waals surface area contributed by atoms with Crippen molar-refractivity contribution in [2.75, 3.05) is 4.90 Å². The van der Waals surface area contributed by atoms with Crippen LogP contribution in [0.5, 0.6) is 0 Å². The van der Waals surface area contributed by atoms with Crippen molar-refractivity contribution in [2.45, 2.75) is 0 Å². The molecule has 0 saturated carbocycles. The molecular formula is C42H25NS2. The third kappa shape index (κ3) is 3.78. The SMILES string of the molecule is c1ccc(N(c2ccc3c(ccc4ccc5cc6c(cc5c43)sc3ccccc36)c2)c2cccc3sc4ccccc4c23)cc1. The zero-order chi connectivity index (χ0) is 29.5. The molecule has 0 radical (unpaired) electrons. The van der Waals surface area contributed by atoms with Crippen LogP contribution in [0, 0.1) is 0 Å². The first-order chi connectivity index (χ1) is 22.3. The van der Waals surface area contributed by atoms with Crippen LogP contribution in [0.1, 0.15) is 0 Å². The van der Waals surface area contributed by atoms with E-state index in [4.69, 9.17) is 0 Å². The first-order valence-corrected chi connectivity index (χ1v) is 16.9. The van der Waals surface area contributed by atoms with Crippen LogP contribution in [0.4, 0.5) is 17.1 Å². The summed E-state index contributed by atoms with van der Waals surface area (Å²) in [5, 5.41) is 13.0. The van der Waals surface area contributed by atoms with Crippen LogP contribution in [-0.4, -0.2) is 0 Å². The molecule has 0 amide bonds. The van der Waals surface area contributed by atoms with Gasteiger partial charge in [0, 0.05) is 51.7 Å². The highest BCUT2D eigenvalue weighted by molar-refractivity contribution is 7.26. The smallest absolute Gasteiger partial charge is 0.0554 e. The summed E-state index contributed by atoms with van der Waals surface area (Å²) in [4.78, 5) is 2.43. The number of nitrogens with zero attached hydrogens (tertiary/aromatic N) is 1. The third-order valence-corrected chi connectivity index (χ3v) is 11.5. The Hall–Kier alpha value is -5.22. The Kier molecular flexibility index (Phi) is 5.39. The number of hydrogen-bond donors (Lipinski definition) is 0. The van der Waals surface area contributed by atoms with Gasteiger partial charge in [0.1, 0.15) is 0 Å². The molecule has 0 aliphatic heterocycles. The number of thiophene rings is 2. The summed E-state index contributed by atoms with van der Waals surface area (Å²) >= 11 is 3.75. The van der Waals surface area contributed by atoms with Gasteiger partial charge in [0.2, 0.25) is 0 Å². The minimum atomic E-state index is 1.15. The molecule has 0 spiro atoms. The van der Waals surface area contributed by atoms with Gasteiger partial charge in [-0.2, -0.15) is 0 Å². The van der Waals surface area contributed by atoms with Gasteiger partial charge in [-0.1, -0.05) is 91.0 Å². The van der Waals surface area contributed by atoms with Gasteiger partial charge in [-0.15, -0.1) is 22.7 Å². The van der Waals surface area contributed by atoms with Crippen LogP contribution in [0.15, 0.2) is 152 Å². The molecule has 8 aromatic carbocycles. The Morgan fingerprint density at radius 3 is 1.84 bits per heavy atom. The van der Waals surface area contributed by atoms with Gasteiger partial charge in [0.15, 0.2) is 0 Å². The predicted molar refractivity (Wildman–Crippen MR) is 199 cm³/mol. The Labute approximate surface area is 267 Å². The number of fused-ring (bicyclic) bond motifs is 11. The molecule has 0 aliphatic rings. The summed E-state index contributed by atoms with van der Waals surface area (Å²) in [5.74, 6) is 0. The van der Waals surface area contributed by atoms with Crippen molar-refractivity contribution in [3.05, 3.63) is 152 Å². The van der Waals surface area contributed by atoms with Crippen molar-refractivity contribution in [1.82, 2.24) is 0 Å². The van der Waals surface area contributed by atoms with Crippen molar-refractivity contribution in [3.8, 4) is 0 Å². The Bertz CT molecular complexity index is 2770. The van der Waals surface area contributed by atoms with Gasteiger partial charge in [-0.25, -0.2) is 0 Å². The highest BCUT2D eigenvalue weighted by Crippen LogP contribution is 2.46. The molecule has 2 aromatic heterocycles. The molecule has 10 aromatic rings. The zero-order valence-corrected chi connectivity index (χ0v) is 25.8. The van der Waals surface area contributed by atoms with E-state index in [0.29, 0.717) is 0 Å². The van der Waals surface area contributed by atoms with E-state index >= 15 is 0 Å². The third-order valence-electron chi connectivity index (χ3n) is 9.19. The normalized spacial score (nSPS) is 12.0. The number of benzene rings is 8. The summed E-state index contributed by atoms with van der Waals surface area (Å²) in [7, 11) is 0. The van der Waals surface area contributed by atoms with Crippen molar-refractivity contribution in [2.24, 2.45) is 0 Å². The summed E-state index contributed by atoms with van der Waals surface area (Å²) in [6, 6.07) is 56.0. The van der Waals surface area contributed by atoms with Gasteiger partial charge < -0.3 is 4.90 Å². The van der Waals surface area contributed by atoms with E-state index < -0.39 is 0 Å². The molecule has 0 bridgehead atoms. The van der Waals surface area contributed by atoms with E-state index in [1.54, 1.807) is 0 Å². The first-order valence-electron chi connectivity index (χ1n) is 15.3. The molecule has 0 unspecified atom stereocenters. The van der Waals surface area contributed by atoms with Crippen LogP contribution in [-0.2, 0) is 0 Å². The molecule has 10 rings (SSSR count). The molecular weight excluding hydrogens is 583 g/mol. The molecule has 2 heterocycles. The minimum Gasteiger partial charge on any atom is -0.310 e. The van der Waals surface area contributed by atoms with Crippen LogP contribution in [0.25, 0.3) is 72.7 Å². The number of para-hydroxylation sites is 1. The lowest BCUT2D eigenvalue weighted by Crippen LogP contribution is -2.10. The number of rotatable bonds is 3. The molecule has 0 atom stereocenters.